The molecule has 0 spiro atoms. The van der Waals surface area contributed by atoms with E-state index in [1.807, 2.05) is 17.9 Å². The maximum atomic E-state index is 12.4. The van der Waals surface area contributed by atoms with Gasteiger partial charge >= 0.3 is 6.03 Å². The van der Waals surface area contributed by atoms with Crippen molar-refractivity contribution in [2.75, 3.05) is 13.1 Å². The Labute approximate surface area is 150 Å². The molecule has 0 radical (unpaired) electrons. The van der Waals surface area contributed by atoms with E-state index in [9.17, 15) is 9.59 Å². The smallest absolute Gasteiger partial charge is 0.318 e. The lowest BCUT2D eigenvalue weighted by Gasteiger charge is -2.33. The number of urea groups is 1. The van der Waals surface area contributed by atoms with Gasteiger partial charge in [-0.15, -0.1) is 6.42 Å². The molecule has 0 unspecified atom stereocenters. The topological polar surface area (TPSA) is 54.3 Å². The number of nitrogens with zero attached hydrogens (tertiary/aromatic N) is 2. The highest BCUT2D eigenvalue weighted by Crippen LogP contribution is 2.22. The summed E-state index contributed by atoms with van der Waals surface area (Å²) in [6.07, 6.45) is 12.8. The highest BCUT2D eigenvalue weighted by atomic mass is 16.2. The molecule has 0 aliphatic heterocycles. The molecule has 2 amide bonds. The number of aryl methyl sites for hydroxylation is 1. The first-order valence-electron chi connectivity index (χ1n) is 9.28. The quantitative estimate of drug-likeness (QED) is 0.611. The number of aromatic nitrogens is 1. The summed E-state index contributed by atoms with van der Waals surface area (Å²) in [5.74, 6) is 2.61. The second kappa shape index (κ2) is 9.93. The van der Waals surface area contributed by atoms with E-state index >= 15 is 0 Å². The molecule has 1 N–H and O–H groups in total. The van der Waals surface area contributed by atoms with Gasteiger partial charge in [-0.2, -0.15) is 0 Å². The number of carbonyl (C=O) groups is 1. The third-order valence-electron chi connectivity index (χ3n) is 4.89. The molecule has 1 aromatic rings. The number of amides is 2. The number of unbranched alkanes of at least 4 members (excludes halogenated alkanes) is 1. The highest BCUT2D eigenvalue weighted by Gasteiger charge is 2.24. The Kier molecular flexibility index (Phi) is 7.59. The second-order valence-electron chi connectivity index (χ2n) is 6.72. The van der Waals surface area contributed by atoms with E-state index in [4.69, 9.17) is 6.42 Å². The summed E-state index contributed by atoms with van der Waals surface area (Å²) in [6, 6.07) is 5.51. The first-order valence-corrected chi connectivity index (χ1v) is 9.28. The van der Waals surface area contributed by atoms with Gasteiger partial charge in [-0.1, -0.05) is 31.2 Å². The van der Waals surface area contributed by atoms with Gasteiger partial charge in [0.25, 0.3) is 5.56 Å². The first-order chi connectivity index (χ1) is 12.1. The number of terminal acetylenes is 1. The van der Waals surface area contributed by atoms with Crippen molar-refractivity contribution >= 4 is 6.03 Å². The maximum absolute atomic E-state index is 12.4. The second-order valence-corrected chi connectivity index (χ2v) is 6.72. The van der Waals surface area contributed by atoms with Crippen LogP contribution in [0.1, 0.15) is 50.6 Å². The van der Waals surface area contributed by atoms with E-state index in [-0.39, 0.29) is 17.6 Å². The van der Waals surface area contributed by atoms with Crippen LogP contribution >= 0.6 is 0 Å². The SMILES string of the molecule is C#CCN(C(=O)NCCCCn1c(C)cccc1=O)C1CCCCC1. The fraction of sp³-hybridized carbons (Fsp3) is 0.600. The van der Waals surface area contributed by atoms with Crippen molar-refractivity contribution in [2.24, 2.45) is 0 Å². The average Bonchev–Trinajstić information content (AvgIpc) is 2.62. The van der Waals surface area contributed by atoms with Gasteiger partial charge < -0.3 is 14.8 Å². The van der Waals surface area contributed by atoms with Crippen LogP contribution in [0.4, 0.5) is 4.79 Å². The summed E-state index contributed by atoms with van der Waals surface area (Å²) in [5.41, 5.74) is 0.996. The van der Waals surface area contributed by atoms with Crippen molar-refractivity contribution in [1.29, 1.82) is 0 Å². The van der Waals surface area contributed by atoms with E-state index in [0.717, 1.165) is 31.4 Å². The third kappa shape index (κ3) is 5.67. The third-order valence-corrected chi connectivity index (χ3v) is 4.89. The molecule has 5 heteroatoms. The predicted octanol–water partition coefficient (Wildman–Crippen LogP) is 2.91. The van der Waals surface area contributed by atoms with Crippen LogP contribution in [-0.4, -0.2) is 34.6 Å². The van der Waals surface area contributed by atoms with Crippen LogP contribution in [0.3, 0.4) is 0 Å². The molecule has 0 aromatic carbocycles. The molecule has 1 aromatic heterocycles. The normalized spacial score (nSPS) is 14.7. The summed E-state index contributed by atoms with van der Waals surface area (Å²) in [4.78, 5) is 26.1. The van der Waals surface area contributed by atoms with E-state index in [2.05, 4.69) is 11.2 Å². The van der Waals surface area contributed by atoms with E-state index in [0.29, 0.717) is 19.6 Å². The monoisotopic (exact) mass is 343 g/mol. The van der Waals surface area contributed by atoms with E-state index in [1.165, 1.54) is 19.3 Å². The molecule has 2 rings (SSSR count). The molecule has 136 valence electrons. The molecular formula is C20H29N3O2. The minimum absolute atomic E-state index is 0.0292. The van der Waals surface area contributed by atoms with Crippen LogP contribution in [0, 0.1) is 19.3 Å². The number of pyridine rings is 1. The summed E-state index contributed by atoms with van der Waals surface area (Å²) in [5, 5.41) is 2.98. The Balaban J connectivity index is 1.75. The van der Waals surface area contributed by atoms with Crippen LogP contribution in [0.5, 0.6) is 0 Å². The molecule has 0 atom stereocenters. The van der Waals surface area contributed by atoms with Crippen molar-refractivity contribution in [3.05, 3.63) is 34.2 Å². The molecule has 1 heterocycles. The van der Waals surface area contributed by atoms with Gasteiger partial charge in [0.15, 0.2) is 0 Å². The molecule has 1 fully saturated rings. The number of hydrogen-bond acceptors (Lipinski definition) is 2. The highest BCUT2D eigenvalue weighted by molar-refractivity contribution is 5.74. The Bertz CT molecular complexity index is 654. The number of nitrogens with one attached hydrogen (secondary N) is 1. The molecule has 1 aliphatic rings. The standard InChI is InChI=1S/C20H29N3O2/c1-3-15-23(18-11-5-4-6-12-18)20(25)21-14-7-8-16-22-17(2)10-9-13-19(22)24/h1,9-10,13,18H,4-8,11-12,14-16H2,2H3,(H,21,25). The maximum Gasteiger partial charge on any atom is 0.318 e. The minimum Gasteiger partial charge on any atom is -0.338 e. The fourth-order valence-corrected chi connectivity index (χ4v) is 3.46. The lowest BCUT2D eigenvalue weighted by molar-refractivity contribution is 0.165. The molecule has 5 nitrogen and oxygen atoms in total. The van der Waals surface area contributed by atoms with Crippen molar-refractivity contribution in [1.82, 2.24) is 14.8 Å². The zero-order chi connectivity index (χ0) is 18.1. The average molecular weight is 343 g/mol. The van der Waals surface area contributed by atoms with Gasteiger partial charge in [-0.25, -0.2) is 4.79 Å². The van der Waals surface area contributed by atoms with Crippen LogP contribution < -0.4 is 10.9 Å². The van der Waals surface area contributed by atoms with E-state index in [1.54, 1.807) is 16.7 Å². The molecule has 1 aliphatic carbocycles. The number of rotatable bonds is 7. The van der Waals surface area contributed by atoms with Crippen molar-refractivity contribution in [3.8, 4) is 12.3 Å². The zero-order valence-corrected chi connectivity index (χ0v) is 15.2. The summed E-state index contributed by atoms with van der Waals surface area (Å²) >= 11 is 0. The first kappa shape index (κ1) is 19.1. The molecule has 1 saturated carbocycles. The summed E-state index contributed by atoms with van der Waals surface area (Å²) in [6.45, 7) is 3.59. The molecule has 0 saturated heterocycles. The Hall–Kier alpha value is -2.22. The number of carbonyl (C=O) groups excluding carboxylic acids is 1. The van der Waals surface area contributed by atoms with Gasteiger partial charge in [0, 0.05) is 30.9 Å². The fourth-order valence-electron chi connectivity index (χ4n) is 3.46. The van der Waals surface area contributed by atoms with Crippen LogP contribution in [0.15, 0.2) is 23.0 Å². The van der Waals surface area contributed by atoms with Gasteiger partial charge in [0.05, 0.1) is 6.54 Å². The Morgan fingerprint density at radius 1 is 1.32 bits per heavy atom. The van der Waals surface area contributed by atoms with Crippen LogP contribution in [-0.2, 0) is 6.54 Å². The predicted molar refractivity (Wildman–Crippen MR) is 100 cm³/mol. The Morgan fingerprint density at radius 2 is 2.08 bits per heavy atom. The van der Waals surface area contributed by atoms with Crippen molar-refractivity contribution in [3.63, 3.8) is 0 Å². The molecule has 25 heavy (non-hydrogen) atoms. The van der Waals surface area contributed by atoms with Gasteiger partial charge in [-0.3, -0.25) is 4.79 Å². The zero-order valence-electron chi connectivity index (χ0n) is 15.2. The van der Waals surface area contributed by atoms with Crippen LogP contribution in [0.2, 0.25) is 0 Å². The number of hydrogen-bond donors (Lipinski definition) is 1. The lowest BCUT2D eigenvalue weighted by atomic mass is 9.94. The summed E-state index contributed by atoms with van der Waals surface area (Å²) in [7, 11) is 0. The summed E-state index contributed by atoms with van der Waals surface area (Å²) < 4.78 is 1.77. The molecular weight excluding hydrogens is 314 g/mol. The lowest BCUT2D eigenvalue weighted by Crippen LogP contribution is -2.47. The van der Waals surface area contributed by atoms with E-state index < -0.39 is 0 Å². The van der Waals surface area contributed by atoms with Gasteiger partial charge in [-0.05, 0) is 38.7 Å². The van der Waals surface area contributed by atoms with Gasteiger partial charge in [0.1, 0.15) is 0 Å². The van der Waals surface area contributed by atoms with Crippen molar-refractivity contribution < 1.29 is 4.79 Å². The Morgan fingerprint density at radius 3 is 2.76 bits per heavy atom. The van der Waals surface area contributed by atoms with Gasteiger partial charge in [0.2, 0.25) is 0 Å². The van der Waals surface area contributed by atoms with Crippen LogP contribution in [0.25, 0.3) is 0 Å². The largest absolute Gasteiger partial charge is 0.338 e. The molecule has 0 bridgehead atoms. The minimum atomic E-state index is -0.0575. The van der Waals surface area contributed by atoms with Crippen molar-refractivity contribution in [2.45, 2.75) is 64.5 Å².